The van der Waals surface area contributed by atoms with Crippen LogP contribution in [0.25, 0.3) is 88.2 Å². The average Bonchev–Trinajstić information content (AvgIpc) is 3.64. The van der Waals surface area contributed by atoms with Crippen LogP contribution in [0.1, 0.15) is 0 Å². The Morgan fingerprint density at radius 2 is 1.18 bits per heavy atom. The molecule has 4 aromatic heterocycles. The Kier molecular flexibility index (Phi) is 4.69. The lowest BCUT2D eigenvalue weighted by Gasteiger charge is -2.12. The van der Waals surface area contributed by atoms with E-state index >= 15 is 0 Å². The summed E-state index contributed by atoms with van der Waals surface area (Å²) in [7, 11) is 0. The molecule has 0 fully saturated rings. The fraction of sp³-hybridized carbons (Fsp3) is 0. The second-order valence-electron chi connectivity index (χ2n) is 11.5. The predicted octanol–water partition coefficient (Wildman–Crippen LogP) is 10.1. The number of fused-ring (bicyclic) bond motifs is 3. The van der Waals surface area contributed by atoms with E-state index < -0.39 is 0 Å². The molecule has 0 aliphatic heterocycles. The molecule has 0 saturated carbocycles. The van der Waals surface area contributed by atoms with E-state index in [9.17, 15) is 0 Å². The highest BCUT2D eigenvalue weighted by Crippen LogP contribution is 2.42. The topological polar surface area (TPSA) is 35.1 Å². The Morgan fingerprint density at radius 1 is 0.477 bits per heavy atom. The van der Waals surface area contributed by atoms with Gasteiger partial charge in [0.1, 0.15) is 0 Å². The molecular weight excluding hydrogens is 536 g/mol. The van der Waals surface area contributed by atoms with Crippen molar-refractivity contribution in [2.75, 3.05) is 0 Å². The molecular formula is C40H24N4. The molecule has 10 aromatic rings. The van der Waals surface area contributed by atoms with Gasteiger partial charge in [-0.25, -0.2) is 9.97 Å². The number of aromatic nitrogens is 4. The summed E-state index contributed by atoms with van der Waals surface area (Å²) in [6.07, 6.45) is 2.21. The van der Waals surface area contributed by atoms with Crippen molar-refractivity contribution in [3.8, 4) is 28.3 Å². The molecule has 44 heavy (non-hydrogen) atoms. The first-order valence-corrected chi connectivity index (χ1v) is 14.9. The number of rotatable bonds is 3. The van der Waals surface area contributed by atoms with Crippen LogP contribution in [0.15, 0.2) is 146 Å². The van der Waals surface area contributed by atoms with Gasteiger partial charge in [-0.1, -0.05) is 97.1 Å². The summed E-state index contributed by atoms with van der Waals surface area (Å²) < 4.78 is 4.76. The first kappa shape index (κ1) is 23.6. The van der Waals surface area contributed by atoms with Crippen molar-refractivity contribution in [2.24, 2.45) is 0 Å². The first-order valence-electron chi connectivity index (χ1n) is 14.9. The summed E-state index contributed by atoms with van der Waals surface area (Å²) >= 11 is 0. The standard InChI is InChI=1S/C40H24N4/c1-2-10-25(11-3-1)38-31-15-4-5-18-32(31)41-40(42-38)27-13-6-14-28(24-27)44-34-20-8-16-29-30-17-7-12-26-22-23-43(39(26)30)33-19-9-21-35(44)37(33)36(29)34/h1-24H. The van der Waals surface area contributed by atoms with Gasteiger partial charge in [0, 0.05) is 49.9 Å². The van der Waals surface area contributed by atoms with Crippen LogP contribution in [-0.4, -0.2) is 18.9 Å². The molecule has 0 spiro atoms. The Morgan fingerprint density at radius 3 is 2.11 bits per heavy atom. The van der Waals surface area contributed by atoms with Gasteiger partial charge in [0.2, 0.25) is 0 Å². The van der Waals surface area contributed by atoms with Crippen LogP contribution in [0.3, 0.4) is 0 Å². The molecule has 0 aliphatic rings. The van der Waals surface area contributed by atoms with Gasteiger partial charge in [-0.05, 0) is 47.9 Å². The highest BCUT2D eigenvalue weighted by Gasteiger charge is 2.20. The molecule has 0 unspecified atom stereocenters. The molecule has 204 valence electrons. The van der Waals surface area contributed by atoms with E-state index in [2.05, 4.69) is 143 Å². The summed E-state index contributed by atoms with van der Waals surface area (Å²) in [6.45, 7) is 0. The first-order chi connectivity index (χ1) is 21.8. The van der Waals surface area contributed by atoms with Crippen LogP contribution < -0.4 is 0 Å². The molecule has 0 amide bonds. The maximum absolute atomic E-state index is 5.16. The molecule has 0 N–H and O–H groups in total. The third-order valence-corrected chi connectivity index (χ3v) is 9.07. The number of para-hydroxylation sites is 2. The van der Waals surface area contributed by atoms with Gasteiger partial charge in [-0.3, -0.25) is 0 Å². The summed E-state index contributed by atoms with van der Waals surface area (Å²) in [5, 5.41) is 7.39. The van der Waals surface area contributed by atoms with E-state index in [4.69, 9.17) is 9.97 Å². The Bertz CT molecular complexity index is 2690. The van der Waals surface area contributed by atoms with Gasteiger partial charge in [0.05, 0.1) is 33.3 Å². The average molecular weight is 561 g/mol. The molecule has 10 rings (SSSR count). The number of hydrogen-bond acceptors (Lipinski definition) is 2. The Labute approximate surface area is 252 Å². The van der Waals surface area contributed by atoms with Gasteiger partial charge < -0.3 is 8.97 Å². The summed E-state index contributed by atoms with van der Waals surface area (Å²) in [5.74, 6) is 0.719. The van der Waals surface area contributed by atoms with Crippen LogP contribution in [0.5, 0.6) is 0 Å². The van der Waals surface area contributed by atoms with Crippen molar-refractivity contribution in [3.05, 3.63) is 146 Å². The van der Waals surface area contributed by atoms with Gasteiger partial charge in [0.15, 0.2) is 5.82 Å². The maximum atomic E-state index is 5.16. The lowest BCUT2D eigenvalue weighted by molar-refractivity contribution is 1.17. The van der Waals surface area contributed by atoms with Gasteiger partial charge in [-0.2, -0.15) is 0 Å². The third kappa shape index (κ3) is 3.17. The van der Waals surface area contributed by atoms with Gasteiger partial charge in [-0.15, -0.1) is 0 Å². The number of nitrogens with zero attached hydrogens (tertiary/aromatic N) is 4. The summed E-state index contributed by atoms with van der Waals surface area (Å²) in [6, 6.07) is 49.5. The van der Waals surface area contributed by atoms with E-state index in [0.29, 0.717) is 0 Å². The fourth-order valence-electron chi connectivity index (χ4n) is 7.21. The minimum atomic E-state index is 0.719. The van der Waals surface area contributed by atoms with E-state index in [1.165, 1.54) is 49.0 Å². The minimum Gasteiger partial charge on any atom is -0.315 e. The molecule has 4 heterocycles. The smallest absolute Gasteiger partial charge is 0.160 e. The van der Waals surface area contributed by atoms with Crippen molar-refractivity contribution >= 4 is 59.9 Å². The van der Waals surface area contributed by atoms with Gasteiger partial charge >= 0.3 is 0 Å². The van der Waals surface area contributed by atoms with E-state index in [0.717, 1.165) is 39.2 Å². The largest absolute Gasteiger partial charge is 0.315 e. The van der Waals surface area contributed by atoms with Crippen molar-refractivity contribution in [1.29, 1.82) is 0 Å². The zero-order valence-electron chi connectivity index (χ0n) is 23.6. The zero-order valence-corrected chi connectivity index (χ0v) is 23.6. The molecule has 0 radical (unpaired) electrons. The molecule has 0 bridgehead atoms. The van der Waals surface area contributed by atoms with E-state index in [1.54, 1.807) is 0 Å². The molecule has 6 aromatic carbocycles. The van der Waals surface area contributed by atoms with Crippen molar-refractivity contribution in [2.45, 2.75) is 0 Å². The molecule has 4 heteroatoms. The second-order valence-corrected chi connectivity index (χ2v) is 11.5. The Balaban J connectivity index is 1.27. The van der Waals surface area contributed by atoms with Crippen LogP contribution in [-0.2, 0) is 0 Å². The van der Waals surface area contributed by atoms with Crippen molar-refractivity contribution < 1.29 is 0 Å². The predicted molar refractivity (Wildman–Crippen MR) is 182 cm³/mol. The fourth-order valence-corrected chi connectivity index (χ4v) is 7.21. The van der Waals surface area contributed by atoms with Crippen molar-refractivity contribution in [1.82, 2.24) is 18.9 Å². The van der Waals surface area contributed by atoms with Gasteiger partial charge in [0.25, 0.3) is 0 Å². The van der Waals surface area contributed by atoms with Crippen LogP contribution in [0, 0.1) is 0 Å². The molecule has 0 aliphatic carbocycles. The molecule has 0 atom stereocenters. The number of benzene rings is 6. The highest BCUT2D eigenvalue weighted by atomic mass is 15.0. The van der Waals surface area contributed by atoms with Crippen molar-refractivity contribution in [3.63, 3.8) is 0 Å². The Hall–Kier alpha value is -6.00. The monoisotopic (exact) mass is 560 g/mol. The zero-order chi connectivity index (χ0) is 28.8. The lowest BCUT2D eigenvalue weighted by atomic mass is 10.0. The molecule has 4 nitrogen and oxygen atoms in total. The SMILES string of the molecule is c1ccc(-c2nc(-c3cccc(-n4c5cccc6c7cccc8ccn(c9cccc4c9c65)c87)c3)nc3ccccc23)cc1. The van der Waals surface area contributed by atoms with Crippen LogP contribution in [0.2, 0.25) is 0 Å². The lowest BCUT2D eigenvalue weighted by Crippen LogP contribution is -1.98. The normalized spacial score (nSPS) is 12.1. The maximum Gasteiger partial charge on any atom is 0.160 e. The minimum absolute atomic E-state index is 0.719. The number of hydrogen-bond donors (Lipinski definition) is 0. The van der Waals surface area contributed by atoms with Crippen LogP contribution >= 0.6 is 0 Å². The quantitative estimate of drug-likeness (QED) is 0.215. The van der Waals surface area contributed by atoms with E-state index in [1.807, 2.05) is 12.1 Å². The highest BCUT2D eigenvalue weighted by molar-refractivity contribution is 6.28. The second kappa shape index (κ2) is 8.76. The van der Waals surface area contributed by atoms with Crippen LogP contribution in [0.4, 0.5) is 0 Å². The van der Waals surface area contributed by atoms with E-state index in [-0.39, 0.29) is 0 Å². The summed E-state index contributed by atoms with van der Waals surface area (Å²) in [4.78, 5) is 10.2. The molecule has 0 saturated heterocycles. The third-order valence-electron chi connectivity index (χ3n) is 9.07. The summed E-state index contributed by atoms with van der Waals surface area (Å²) in [5.41, 5.74) is 9.88.